The summed E-state index contributed by atoms with van der Waals surface area (Å²) in [5.41, 5.74) is 6.45. The van der Waals surface area contributed by atoms with Crippen molar-refractivity contribution in [2.45, 2.75) is 49.8 Å². The van der Waals surface area contributed by atoms with Gasteiger partial charge in [-0.1, -0.05) is 30.3 Å². The monoisotopic (exact) mass is 260 g/mol. The molecule has 1 saturated carbocycles. The van der Waals surface area contributed by atoms with Gasteiger partial charge in [0, 0.05) is 25.2 Å². The molecule has 104 valence electrons. The van der Waals surface area contributed by atoms with E-state index in [2.05, 4.69) is 4.90 Å². The number of nitrogens with zero attached hydrogens (tertiary/aromatic N) is 1. The highest BCUT2D eigenvalue weighted by atomic mass is 16.3. The molecule has 3 N–H and O–H groups in total. The van der Waals surface area contributed by atoms with Crippen molar-refractivity contribution < 1.29 is 5.11 Å². The van der Waals surface area contributed by atoms with E-state index in [1.54, 1.807) is 0 Å². The molecule has 0 bridgehead atoms. The molecule has 2 fully saturated rings. The lowest BCUT2D eigenvalue weighted by atomic mass is 9.77. The molecule has 1 unspecified atom stereocenters. The topological polar surface area (TPSA) is 49.5 Å². The zero-order chi connectivity index (χ0) is 13.3. The largest absolute Gasteiger partial charge is 0.385 e. The zero-order valence-corrected chi connectivity index (χ0v) is 11.5. The first-order valence-corrected chi connectivity index (χ1v) is 7.45. The number of rotatable bonds is 2. The summed E-state index contributed by atoms with van der Waals surface area (Å²) in [6, 6.07) is 11.1. The average molecular weight is 260 g/mol. The van der Waals surface area contributed by atoms with Crippen LogP contribution in [-0.4, -0.2) is 35.2 Å². The fourth-order valence-electron chi connectivity index (χ4n) is 3.63. The van der Waals surface area contributed by atoms with Crippen LogP contribution in [0.5, 0.6) is 0 Å². The molecule has 3 nitrogen and oxygen atoms in total. The van der Waals surface area contributed by atoms with Gasteiger partial charge in [-0.15, -0.1) is 0 Å². The van der Waals surface area contributed by atoms with Crippen LogP contribution in [0.3, 0.4) is 0 Å². The van der Waals surface area contributed by atoms with Gasteiger partial charge in [0.25, 0.3) is 0 Å². The van der Waals surface area contributed by atoms with Crippen molar-refractivity contribution in [2.75, 3.05) is 13.1 Å². The first kappa shape index (κ1) is 13.1. The molecule has 0 amide bonds. The van der Waals surface area contributed by atoms with Crippen LogP contribution >= 0.6 is 0 Å². The van der Waals surface area contributed by atoms with E-state index in [1.807, 2.05) is 30.3 Å². The van der Waals surface area contributed by atoms with Crippen molar-refractivity contribution >= 4 is 0 Å². The Morgan fingerprint density at radius 3 is 2.37 bits per heavy atom. The number of aliphatic hydroxyl groups is 1. The predicted molar refractivity (Wildman–Crippen MR) is 76.8 cm³/mol. The van der Waals surface area contributed by atoms with E-state index < -0.39 is 5.60 Å². The molecule has 1 heterocycles. The molecule has 1 aliphatic carbocycles. The van der Waals surface area contributed by atoms with E-state index in [0.717, 1.165) is 50.8 Å². The van der Waals surface area contributed by atoms with Gasteiger partial charge in [-0.3, -0.25) is 4.90 Å². The Kier molecular flexibility index (Phi) is 3.61. The summed E-state index contributed by atoms with van der Waals surface area (Å²) in [4.78, 5) is 2.52. The van der Waals surface area contributed by atoms with E-state index >= 15 is 0 Å². The third-order valence-corrected chi connectivity index (χ3v) is 4.87. The van der Waals surface area contributed by atoms with E-state index in [0.29, 0.717) is 12.1 Å². The Morgan fingerprint density at radius 2 is 1.79 bits per heavy atom. The van der Waals surface area contributed by atoms with Gasteiger partial charge in [0.1, 0.15) is 0 Å². The number of likely N-dealkylation sites (tertiary alicyclic amines) is 1. The highest BCUT2D eigenvalue weighted by Gasteiger charge is 2.37. The molecule has 1 aliphatic heterocycles. The number of benzene rings is 1. The lowest BCUT2D eigenvalue weighted by molar-refractivity contribution is -0.0222. The Morgan fingerprint density at radius 1 is 1.11 bits per heavy atom. The summed E-state index contributed by atoms with van der Waals surface area (Å²) >= 11 is 0. The van der Waals surface area contributed by atoms with E-state index in [-0.39, 0.29) is 0 Å². The van der Waals surface area contributed by atoms with E-state index in [1.165, 1.54) is 0 Å². The lowest BCUT2D eigenvalue weighted by Crippen LogP contribution is -2.42. The summed E-state index contributed by atoms with van der Waals surface area (Å²) in [5.74, 6) is 0. The van der Waals surface area contributed by atoms with Crippen molar-refractivity contribution in [1.29, 1.82) is 0 Å². The second-order valence-corrected chi connectivity index (χ2v) is 6.17. The summed E-state index contributed by atoms with van der Waals surface area (Å²) in [6.45, 7) is 2.17. The van der Waals surface area contributed by atoms with Gasteiger partial charge in [-0.05, 0) is 37.7 Å². The van der Waals surface area contributed by atoms with Gasteiger partial charge in [0.05, 0.1) is 5.60 Å². The summed E-state index contributed by atoms with van der Waals surface area (Å²) in [5, 5.41) is 10.8. The number of hydrogen-bond acceptors (Lipinski definition) is 3. The summed E-state index contributed by atoms with van der Waals surface area (Å²) in [7, 11) is 0. The molecule has 0 aromatic heterocycles. The van der Waals surface area contributed by atoms with Gasteiger partial charge in [-0.2, -0.15) is 0 Å². The molecular weight excluding hydrogens is 236 g/mol. The molecule has 0 spiro atoms. The van der Waals surface area contributed by atoms with Crippen molar-refractivity contribution in [3.05, 3.63) is 35.9 Å². The minimum absolute atomic E-state index is 0.356. The van der Waals surface area contributed by atoms with Gasteiger partial charge in [0.2, 0.25) is 0 Å². The zero-order valence-electron chi connectivity index (χ0n) is 11.5. The van der Waals surface area contributed by atoms with Crippen LogP contribution in [0, 0.1) is 0 Å². The molecule has 0 radical (unpaired) electrons. The molecule has 3 heteroatoms. The third-order valence-electron chi connectivity index (χ3n) is 4.87. The Hall–Kier alpha value is -0.900. The molecule has 1 saturated heterocycles. The number of nitrogens with two attached hydrogens (primary N) is 1. The van der Waals surface area contributed by atoms with Gasteiger partial charge in [-0.25, -0.2) is 0 Å². The summed E-state index contributed by atoms with van der Waals surface area (Å²) in [6.07, 6.45) is 5.02. The minimum Gasteiger partial charge on any atom is -0.385 e. The molecule has 3 rings (SSSR count). The quantitative estimate of drug-likeness (QED) is 0.853. The van der Waals surface area contributed by atoms with Crippen LogP contribution < -0.4 is 5.73 Å². The minimum atomic E-state index is -0.612. The first-order valence-electron chi connectivity index (χ1n) is 7.45. The maximum Gasteiger partial charge on any atom is 0.0897 e. The fraction of sp³-hybridized carbons (Fsp3) is 0.625. The third kappa shape index (κ3) is 2.69. The van der Waals surface area contributed by atoms with E-state index in [4.69, 9.17) is 5.73 Å². The summed E-state index contributed by atoms with van der Waals surface area (Å²) < 4.78 is 0. The highest BCUT2D eigenvalue weighted by Crippen LogP contribution is 2.38. The lowest BCUT2D eigenvalue weighted by Gasteiger charge is -2.40. The smallest absolute Gasteiger partial charge is 0.0897 e. The van der Waals surface area contributed by atoms with Crippen molar-refractivity contribution in [1.82, 2.24) is 4.90 Å². The van der Waals surface area contributed by atoms with Crippen LogP contribution in [0.1, 0.15) is 37.7 Å². The van der Waals surface area contributed by atoms with E-state index in [9.17, 15) is 5.11 Å². The van der Waals surface area contributed by atoms with Gasteiger partial charge in [0.15, 0.2) is 0 Å². The molecular formula is C16H24N2O. The van der Waals surface area contributed by atoms with Gasteiger partial charge >= 0.3 is 0 Å². The number of hydrogen-bond donors (Lipinski definition) is 2. The van der Waals surface area contributed by atoms with Crippen LogP contribution in [0.4, 0.5) is 0 Å². The second kappa shape index (κ2) is 5.23. The molecule has 19 heavy (non-hydrogen) atoms. The van der Waals surface area contributed by atoms with Crippen LogP contribution in [0.2, 0.25) is 0 Å². The average Bonchev–Trinajstić information content (AvgIpc) is 2.87. The predicted octanol–water partition coefficient (Wildman–Crippen LogP) is 1.85. The Bertz CT molecular complexity index is 412. The van der Waals surface area contributed by atoms with Crippen molar-refractivity contribution in [3.63, 3.8) is 0 Å². The molecule has 1 atom stereocenters. The Balaban J connectivity index is 1.63. The molecule has 2 aliphatic rings. The Labute approximate surface area is 115 Å². The first-order chi connectivity index (χ1) is 9.17. The van der Waals surface area contributed by atoms with Crippen LogP contribution in [-0.2, 0) is 5.60 Å². The maximum absolute atomic E-state index is 10.8. The van der Waals surface area contributed by atoms with Crippen molar-refractivity contribution in [3.8, 4) is 0 Å². The fourth-order valence-corrected chi connectivity index (χ4v) is 3.63. The van der Waals surface area contributed by atoms with Crippen LogP contribution in [0.25, 0.3) is 0 Å². The highest BCUT2D eigenvalue weighted by molar-refractivity contribution is 5.23. The maximum atomic E-state index is 10.8. The van der Waals surface area contributed by atoms with Crippen LogP contribution in [0.15, 0.2) is 30.3 Å². The standard InChI is InChI=1S/C16H24N2O/c17-14-8-11-18(12-14)15-6-9-16(19,10-7-15)13-4-2-1-3-5-13/h1-5,14-15,19H,6-12,17H2. The van der Waals surface area contributed by atoms with Gasteiger partial charge < -0.3 is 10.8 Å². The normalized spacial score (nSPS) is 36.5. The van der Waals surface area contributed by atoms with Crippen molar-refractivity contribution in [2.24, 2.45) is 5.73 Å². The SMILES string of the molecule is NC1CCN(C2CCC(O)(c3ccccc3)CC2)C1. The second-order valence-electron chi connectivity index (χ2n) is 6.17. The molecule has 1 aromatic rings. The molecule has 1 aromatic carbocycles.